The first-order chi connectivity index (χ1) is 9.40. The van der Waals surface area contributed by atoms with Gasteiger partial charge in [-0.2, -0.15) is 5.10 Å². The first-order valence-electron chi connectivity index (χ1n) is 6.35. The zero-order chi connectivity index (χ0) is 14.9. The Balaban J connectivity index is 2.10. The van der Waals surface area contributed by atoms with Gasteiger partial charge in [0.05, 0.1) is 10.2 Å². The highest BCUT2D eigenvalue weighted by molar-refractivity contribution is 9.10. The molecule has 1 aromatic heterocycles. The van der Waals surface area contributed by atoms with E-state index in [9.17, 15) is 4.79 Å². The highest BCUT2D eigenvalue weighted by atomic mass is 79.9. The molecule has 0 saturated carbocycles. The smallest absolute Gasteiger partial charge is 0.284 e. The maximum Gasteiger partial charge on any atom is 0.284 e. The molecule has 0 amide bonds. The molecule has 0 aliphatic carbocycles. The van der Waals surface area contributed by atoms with E-state index in [0.29, 0.717) is 5.75 Å². The number of carbonyl (C=O) groups excluding carboxylic acids is 1. The van der Waals surface area contributed by atoms with Gasteiger partial charge in [-0.3, -0.25) is 4.79 Å². The minimum absolute atomic E-state index is 0.0386. The maximum atomic E-state index is 12.1. The molecule has 1 aromatic carbocycles. The summed E-state index contributed by atoms with van der Waals surface area (Å²) in [6, 6.07) is 5.74. The van der Waals surface area contributed by atoms with Crippen LogP contribution in [0.4, 0.5) is 0 Å². The lowest BCUT2D eigenvalue weighted by Crippen LogP contribution is -2.21. The van der Waals surface area contributed by atoms with Crippen LogP contribution in [-0.4, -0.2) is 22.3 Å². The van der Waals surface area contributed by atoms with E-state index in [1.165, 1.54) is 4.68 Å². The van der Waals surface area contributed by atoms with Gasteiger partial charge in [0.15, 0.2) is 6.61 Å². The minimum Gasteiger partial charge on any atom is -0.483 e. The molecule has 20 heavy (non-hydrogen) atoms. The third-order valence-corrected chi connectivity index (χ3v) is 3.95. The SMILES string of the molecule is Cc1ccc(OCC(=O)n2nc(C)c(C)c2C)c(Br)c1. The fourth-order valence-electron chi connectivity index (χ4n) is 1.89. The summed E-state index contributed by atoms with van der Waals surface area (Å²) >= 11 is 3.42. The normalized spacial score (nSPS) is 10.7. The van der Waals surface area contributed by atoms with Crippen LogP contribution in [0.15, 0.2) is 22.7 Å². The lowest BCUT2D eigenvalue weighted by Gasteiger charge is -2.09. The van der Waals surface area contributed by atoms with Crippen LogP contribution >= 0.6 is 15.9 Å². The maximum absolute atomic E-state index is 12.1. The molecular formula is C15H17BrN2O2. The number of hydrogen-bond acceptors (Lipinski definition) is 3. The Morgan fingerprint density at radius 3 is 2.55 bits per heavy atom. The Morgan fingerprint density at radius 2 is 2.00 bits per heavy atom. The predicted molar refractivity (Wildman–Crippen MR) is 81.4 cm³/mol. The van der Waals surface area contributed by atoms with Crippen LogP contribution in [0.25, 0.3) is 0 Å². The van der Waals surface area contributed by atoms with Gasteiger partial charge in [0, 0.05) is 5.69 Å². The van der Waals surface area contributed by atoms with E-state index in [4.69, 9.17) is 4.74 Å². The average molecular weight is 337 g/mol. The van der Waals surface area contributed by atoms with Crippen molar-refractivity contribution in [3.63, 3.8) is 0 Å². The molecule has 5 heteroatoms. The number of nitrogens with zero attached hydrogens (tertiary/aromatic N) is 2. The molecule has 0 unspecified atom stereocenters. The van der Waals surface area contributed by atoms with Crippen molar-refractivity contribution >= 4 is 21.8 Å². The van der Waals surface area contributed by atoms with Crippen LogP contribution in [0.3, 0.4) is 0 Å². The first-order valence-corrected chi connectivity index (χ1v) is 7.14. The standard InChI is InChI=1S/C15H17BrN2O2/c1-9-5-6-14(13(16)7-9)20-8-15(19)18-12(4)10(2)11(3)17-18/h5-7H,8H2,1-4H3. The fourth-order valence-corrected chi connectivity index (χ4v) is 2.49. The van der Waals surface area contributed by atoms with Crippen molar-refractivity contribution in [3.8, 4) is 5.75 Å². The molecule has 0 spiro atoms. The third kappa shape index (κ3) is 2.93. The van der Waals surface area contributed by atoms with Gasteiger partial charge >= 0.3 is 0 Å². The van der Waals surface area contributed by atoms with E-state index in [0.717, 1.165) is 27.0 Å². The number of benzene rings is 1. The highest BCUT2D eigenvalue weighted by Crippen LogP contribution is 2.25. The summed E-state index contributed by atoms with van der Waals surface area (Å²) in [5, 5.41) is 4.23. The summed E-state index contributed by atoms with van der Waals surface area (Å²) in [5.74, 6) is 0.480. The summed E-state index contributed by atoms with van der Waals surface area (Å²) in [7, 11) is 0. The molecule has 0 radical (unpaired) electrons. The lowest BCUT2D eigenvalue weighted by atomic mass is 10.2. The van der Waals surface area contributed by atoms with E-state index in [1.54, 1.807) is 0 Å². The van der Waals surface area contributed by atoms with Gasteiger partial charge in [0.2, 0.25) is 0 Å². The summed E-state index contributed by atoms with van der Waals surface area (Å²) in [5.41, 5.74) is 3.89. The molecule has 1 heterocycles. The van der Waals surface area contributed by atoms with E-state index in [2.05, 4.69) is 21.0 Å². The fraction of sp³-hybridized carbons (Fsp3) is 0.333. The number of aromatic nitrogens is 2. The zero-order valence-corrected chi connectivity index (χ0v) is 13.6. The van der Waals surface area contributed by atoms with Gasteiger partial charge in [-0.25, -0.2) is 4.68 Å². The minimum atomic E-state index is -0.175. The van der Waals surface area contributed by atoms with Gasteiger partial charge < -0.3 is 4.74 Å². The molecule has 0 aliphatic heterocycles. The van der Waals surface area contributed by atoms with Crippen LogP contribution in [0.5, 0.6) is 5.75 Å². The monoisotopic (exact) mass is 336 g/mol. The Kier molecular flexibility index (Phi) is 4.28. The van der Waals surface area contributed by atoms with Crippen molar-refractivity contribution in [3.05, 3.63) is 45.2 Å². The van der Waals surface area contributed by atoms with E-state index in [-0.39, 0.29) is 12.5 Å². The number of hydrogen-bond donors (Lipinski definition) is 0. The Bertz CT molecular complexity index is 662. The summed E-state index contributed by atoms with van der Waals surface area (Å²) in [4.78, 5) is 12.1. The second kappa shape index (κ2) is 5.79. The molecule has 2 aromatic rings. The number of halogens is 1. The molecular weight excluding hydrogens is 320 g/mol. The molecule has 4 nitrogen and oxygen atoms in total. The second-order valence-electron chi connectivity index (χ2n) is 4.82. The Morgan fingerprint density at radius 1 is 1.30 bits per heavy atom. The number of carbonyl (C=O) groups is 1. The molecule has 0 saturated heterocycles. The van der Waals surface area contributed by atoms with Crippen LogP contribution in [-0.2, 0) is 0 Å². The highest BCUT2D eigenvalue weighted by Gasteiger charge is 2.14. The molecule has 106 valence electrons. The Hall–Kier alpha value is -1.62. The van der Waals surface area contributed by atoms with Crippen molar-refractivity contribution in [1.82, 2.24) is 9.78 Å². The van der Waals surface area contributed by atoms with E-state index >= 15 is 0 Å². The van der Waals surface area contributed by atoms with Gasteiger partial charge in [0.25, 0.3) is 5.91 Å². The largest absolute Gasteiger partial charge is 0.483 e. The van der Waals surface area contributed by atoms with Crippen molar-refractivity contribution in [2.75, 3.05) is 6.61 Å². The third-order valence-electron chi connectivity index (χ3n) is 3.33. The molecule has 2 rings (SSSR count). The van der Waals surface area contributed by atoms with Crippen LogP contribution < -0.4 is 4.74 Å². The van der Waals surface area contributed by atoms with Gasteiger partial charge in [-0.05, 0) is 66.9 Å². The molecule has 0 N–H and O–H groups in total. The molecule has 0 bridgehead atoms. The number of aryl methyl sites for hydroxylation is 2. The average Bonchev–Trinajstić information content (AvgIpc) is 2.65. The Labute approximate surface area is 126 Å². The van der Waals surface area contributed by atoms with Gasteiger partial charge in [0.1, 0.15) is 5.75 Å². The number of rotatable bonds is 3. The predicted octanol–water partition coefficient (Wildman–Crippen LogP) is 3.60. The molecule has 0 fully saturated rings. The zero-order valence-electron chi connectivity index (χ0n) is 12.0. The second-order valence-corrected chi connectivity index (χ2v) is 5.68. The molecule has 0 aliphatic rings. The lowest BCUT2D eigenvalue weighted by molar-refractivity contribution is 0.0817. The summed E-state index contributed by atoms with van der Waals surface area (Å²) < 4.78 is 7.81. The van der Waals surface area contributed by atoms with Gasteiger partial charge in [-0.1, -0.05) is 6.07 Å². The van der Waals surface area contributed by atoms with Crippen LogP contribution in [0.2, 0.25) is 0 Å². The van der Waals surface area contributed by atoms with Crippen molar-refractivity contribution in [2.45, 2.75) is 27.7 Å². The van der Waals surface area contributed by atoms with Crippen LogP contribution in [0, 0.1) is 27.7 Å². The number of ether oxygens (including phenoxy) is 1. The van der Waals surface area contributed by atoms with Crippen molar-refractivity contribution < 1.29 is 9.53 Å². The first kappa shape index (κ1) is 14.8. The topological polar surface area (TPSA) is 44.1 Å². The van der Waals surface area contributed by atoms with Crippen molar-refractivity contribution in [2.24, 2.45) is 0 Å². The van der Waals surface area contributed by atoms with E-state index < -0.39 is 0 Å². The van der Waals surface area contributed by atoms with E-state index in [1.807, 2.05) is 45.9 Å². The molecule has 0 atom stereocenters. The summed E-state index contributed by atoms with van der Waals surface area (Å²) in [6.45, 7) is 7.69. The quantitative estimate of drug-likeness (QED) is 0.860. The van der Waals surface area contributed by atoms with Gasteiger partial charge in [-0.15, -0.1) is 0 Å². The summed E-state index contributed by atoms with van der Waals surface area (Å²) in [6.07, 6.45) is 0. The van der Waals surface area contributed by atoms with Crippen LogP contribution in [0.1, 0.15) is 27.3 Å². The van der Waals surface area contributed by atoms with Crippen molar-refractivity contribution in [1.29, 1.82) is 0 Å².